The van der Waals surface area contributed by atoms with Crippen molar-refractivity contribution in [2.75, 3.05) is 13.1 Å². The third-order valence-corrected chi connectivity index (χ3v) is 2.61. The fourth-order valence-corrected chi connectivity index (χ4v) is 1.52. The van der Waals surface area contributed by atoms with Gasteiger partial charge in [0, 0.05) is 16.7 Å². The zero-order valence-corrected chi connectivity index (χ0v) is 10.3. The highest BCUT2D eigenvalue weighted by atomic mass is 127. The predicted molar refractivity (Wildman–Crippen MR) is 63.2 cm³/mol. The highest BCUT2D eigenvalue weighted by Gasteiger charge is 2.17. The van der Waals surface area contributed by atoms with E-state index in [1.165, 1.54) is 6.07 Å². The first-order chi connectivity index (χ1) is 6.25. The van der Waals surface area contributed by atoms with Crippen LogP contribution in [0.25, 0.3) is 0 Å². The van der Waals surface area contributed by atoms with Crippen LogP contribution in [0.2, 0.25) is 0 Å². The van der Waals surface area contributed by atoms with Gasteiger partial charge in [-0.2, -0.15) is 0 Å². The van der Waals surface area contributed by atoms with Crippen LogP contribution in [0.3, 0.4) is 0 Å². The predicted octanol–water partition coefficient (Wildman–Crippen LogP) is 2.85. The molecule has 1 saturated heterocycles. The fraction of sp³-hybridized carbons (Fsp3) is 0.333. The van der Waals surface area contributed by atoms with E-state index in [1.807, 2.05) is 6.07 Å². The van der Waals surface area contributed by atoms with E-state index in [2.05, 4.69) is 22.6 Å². The third kappa shape index (κ3) is 2.71. The van der Waals surface area contributed by atoms with Gasteiger partial charge in [0.05, 0.1) is 0 Å². The fourth-order valence-electron chi connectivity index (χ4n) is 1.07. The molecule has 14 heavy (non-hydrogen) atoms. The SMILES string of the molecule is Cl.Fc1cc(I)ccc1ON1CCC1. The Bertz CT molecular complexity index is 320. The average Bonchev–Trinajstić information content (AvgIpc) is 1.99. The van der Waals surface area contributed by atoms with E-state index in [0.29, 0.717) is 5.75 Å². The number of hydroxylamine groups is 2. The number of rotatable bonds is 2. The van der Waals surface area contributed by atoms with Crippen LogP contribution in [-0.4, -0.2) is 18.2 Å². The minimum Gasteiger partial charge on any atom is -0.403 e. The Labute approximate surface area is 102 Å². The molecule has 1 heterocycles. The molecule has 78 valence electrons. The summed E-state index contributed by atoms with van der Waals surface area (Å²) in [7, 11) is 0. The molecule has 5 heteroatoms. The van der Waals surface area contributed by atoms with Crippen molar-refractivity contribution in [1.82, 2.24) is 5.06 Å². The molecular weight excluding hydrogens is 319 g/mol. The molecule has 2 nitrogen and oxygen atoms in total. The van der Waals surface area contributed by atoms with Gasteiger partial charge in [0.25, 0.3) is 0 Å². The van der Waals surface area contributed by atoms with Gasteiger partial charge in [-0.25, -0.2) is 4.39 Å². The second-order valence-corrected chi connectivity index (χ2v) is 4.19. The lowest BCUT2D eigenvalue weighted by atomic mass is 10.3. The minimum atomic E-state index is -0.293. The van der Waals surface area contributed by atoms with Gasteiger partial charge in [-0.05, 0) is 47.2 Å². The van der Waals surface area contributed by atoms with E-state index in [4.69, 9.17) is 4.84 Å². The van der Waals surface area contributed by atoms with Gasteiger partial charge in [0.1, 0.15) is 0 Å². The molecule has 0 saturated carbocycles. The summed E-state index contributed by atoms with van der Waals surface area (Å²) in [5.41, 5.74) is 0. The van der Waals surface area contributed by atoms with Gasteiger partial charge in [0.2, 0.25) is 0 Å². The van der Waals surface area contributed by atoms with Crippen molar-refractivity contribution in [3.05, 3.63) is 27.6 Å². The highest BCUT2D eigenvalue weighted by Crippen LogP contribution is 2.21. The molecule has 0 bridgehead atoms. The van der Waals surface area contributed by atoms with Crippen LogP contribution >= 0.6 is 35.0 Å². The molecule has 0 atom stereocenters. The molecule has 1 aliphatic rings. The standard InChI is InChI=1S/C9H9FINO.ClH/c10-8-6-7(11)2-3-9(8)13-12-4-1-5-12;/h2-3,6H,1,4-5H2;1H. The van der Waals surface area contributed by atoms with Gasteiger partial charge in [0.15, 0.2) is 11.6 Å². The van der Waals surface area contributed by atoms with Gasteiger partial charge in [-0.15, -0.1) is 17.5 Å². The van der Waals surface area contributed by atoms with Crippen molar-refractivity contribution in [2.24, 2.45) is 0 Å². The van der Waals surface area contributed by atoms with Crippen LogP contribution in [0.4, 0.5) is 4.39 Å². The van der Waals surface area contributed by atoms with Crippen LogP contribution in [0.5, 0.6) is 5.75 Å². The number of halogens is 3. The van der Waals surface area contributed by atoms with Crippen molar-refractivity contribution < 1.29 is 9.23 Å². The number of benzene rings is 1. The van der Waals surface area contributed by atoms with Crippen molar-refractivity contribution >= 4 is 35.0 Å². The minimum absolute atomic E-state index is 0. The zero-order valence-electron chi connectivity index (χ0n) is 7.37. The van der Waals surface area contributed by atoms with E-state index >= 15 is 0 Å². The third-order valence-electron chi connectivity index (χ3n) is 1.94. The Morgan fingerprint density at radius 1 is 1.36 bits per heavy atom. The molecule has 0 unspecified atom stereocenters. The first-order valence-corrected chi connectivity index (χ1v) is 5.21. The summed E-state index contributed by atoms with van der Waals surface area (Å²) < 4.78 is 14.1. The van der Waals surface area contributed by atoms with Crippen molar-refractivity contribution in [3.63, 3.8) is 0 Å². The summed E-state index contributed by atoms with van der Waals surface area (Å²) in [6, 6.07) is 4.96. The summed E-state index contributed by atoms with van der Waals surface area (Å²) in [5, 5.41) is 1.76. The van der Waals surface area contributed by atoms with Crippen molar-refractivity contribution in [1.29, 1.82) is 0 Å². The highest BCUT2D eigenvalue weighted by molar-refractivity contribution is 14.1. The molecule has 0 spiro atoms. The summed E-state index contributed by atoms with van der Waals surface area (Å²) in [6.07, 6.45) is 1.13. The van der Waals surface area contributed by atoms with Crippen LogP contribution in [-0.2, 0) is 0 Å². The lowest BCUT2D eigenvalue weighted by molar-refractivity contribution is -0.109. The lowest BCUT2D eigenvalue weighted by Crippen LogP contribution is -2.39. The second kappa shape index (κ2) is 5.14. The van der Waals surface area contributed by atoms with Gasteiger partial charge >= 0.3 is 0 Å². The van der Waals surface area contributed by atoms with E-state index < -0.39 is 0 Å². The lowest BCUT2D eigenvalue weighted by Gasteiger charge is -2.29. The number of hydrogen-bond acceptors (Lipinski definition) is 2. The van der Waals surface area contributed by atoms with Crippen LogP contribution in [0.1, 0.15) is 6.42 Å². The van der Waals surface area contributed by atoms with Gasteiger partial charge < -0.3 is 4.84 Å². The van der Waals surface area contributed by atoms with E-state index in [-0.39, 0.29) is 18.2 Å². The monoisotopic (exact) mass is 329 g/mol. The Hall–Kier alpha value is -0.0700. The maximum atomic E-state index is 13.2. The molecule has 1 fully saturated rings. The quantitative estimate of drug-likeness (QED) is 0.774. The largest absolute Gasteiger partial charge is 0.403 e. The van der Waals surface area contributed by atoms with Crippen LogP contribution in [0, 0.1) is 9.39 Å². The van der Waals surface area contributed by atoms with Crippen molar-refractivity contribution in [3.8, 4) is 5.75 Å². The summed E-state index contributed by atoms with van der Waals surface area (Å²) in [4.78, 5) is 5.29. The van der Waals surface area contributed by atoms with E-state index in [0.717, 1.165) is 23.1 Å². The summed E-state index contributed by atoms with van der Waals surface area (Å²) >= 11 is 2.07. The number of hydrogen-bond donors (Lipinski definition) is 0. The molecule has 0 amide bonds. The molecule has 1 aliphatic heterocycles. The smallest absolute Gasteiger partial charge is 0.183 e. The maximum Gasteiger partial charge on any atom is 0.183 e. The van der Waals surface area contributed by atoms with Crippen molar-refractivity contribution in [2.45, 2.75) is 6.42 Å². The van der Waals surface area contributed by atoms with E-state index in [1.54, 1.807) is 11.1 Å². The number of nitrogens with zero attached hydrogens (tertiary/aromatic N) is 1. The Morgan fingerprint density at radius 3 is 2.57 bits per heavy atom. The van der Waals surface area contributed by atoms with Gasteiger partial charge in [-0.1, -0.05) is 0 Å². The molecule has 1 aromatic carbocycles. The van der Waals surface area contributed by atoms with Crippen LogP contribution in [0.15, 0.2) is 18.2 Å². The van der Waals surface area contributed by atoms with E-state index in [9.17, 15) is 4.39 Å². The first-order valence-electron chi connectivity index (χ1n) is 4.14. The maximum absolute atomic E-state index is 13.2. The second-order valence-electron chi connectivity index (χ2n) is 2.95. The summed E-state index contributed by atoms with van der Waals surface area (Å²) in [6.45, 7) is 1.79. The Kier molecular flexibility index (Phi) is 4.40. The molecular formula is C9H10ClFINO. The Morgan fingerprint density at radius 2 is 2.07 bits per heavy atom. The molecule has 0 N–H and O–H groups in total. The summed E-state index contributed by atoms with van der Waals surface area (Å²) in [5.74, 6) is 0.0268. The molecule has 0 aliphatic carbocycles. The normalized spacial score (nSPS) is 15.6. The molecule has 2 rings (SSSR count). The molecule has 0 aromatic heterocycles. The molecule has 1 aromatic rings. The van der Waals surface area contributed by atoms with Crippen LogP contribution < -0.4 is 4.84 Å². The first kappa shape index (κ1) is 12.0. The molecule has 0 radical (unpaired) electrons. The Balaban J connectivity index is 0.000000980. The zero-order chi connectivity index (χ0) is 9.26. The van der Waals surface area contributed by atoms with Gasteiger partial charge in [-0.3, -0.25) is 0 Å². The average molecular weight is 330 g/mol. The topological polar surface area (TPSA) is 12.5 Å².